The molecule has 1 aromatic rings. The van der Waals surface area contributed by atoms with Crippen LogP contribution < -0.4 is 5.32 Å². The lowest BCUT2D eigenvalue weighted by Crippen LogP contribution is -2.28. The molecule has 1 amide bonds. The van der Waals surface area contributed by atoms with Crippen molar-refractivity contribution < 1.29 is 4.79 Å². The molecule has 0 spiro atoms. The average Bonchev–Trinajstić information content (AvgIpc) is 2.57. The molecule has 1 aromatic carbocycles. The van der Waals surface area contributed by atoms with E-state index in [0.717, 1.165) is 12.1 Å². The number of carbonyl (C=O) groups excluding carboxylic acids is 1. The smallest absolute Gasteiger partial charge is 0.237 e. The van der Waals surface area contributed by atoms with E-state index < -0.39 is 0 Å². The maximum absolute atomic E-state index is 12.1. The highest BCUT2D eigenvalue weighted by Gasteiger charge is 2.25. The van der Waals surface area contributed by atoms with E-state index in [0.29, 0.717) is 0 Å². The molecule has 0 aromatic heterocycles. The fourth-order valence-electron chi connectivity index (χ4n) is 3.10. The molecule has 23 heavy (non-hydrogen) atoms. The Morgan fingerprint density at radius 1 is 0.913 bits per heavy atom. The normalized spacial score (nSPS) is 16.9. The van der Waals surface area contributed by atoms with E-state index in [4.69, 9.17) is 0 Å². The molecule has 1 unspecified atom stereocenters. The molecule has 0 aliphatic carbocycles. The molecule has 0 saturated heterocycles. The van der Waals surface area contributed by atoms with E-state index in [1.807, 2.05) is 18.2 Å². The molecule has 1 heterocycles. The molecular formula is C20H31NOS. The van der Waals surface area contributed by atoms with Crippen LogP contribution in [-0.2, 0) is 4.79 Å². The summed E-state index contributed by atoms with van der Waals surface area (Å²) in [6.45, 7) is 2.27. The number of nitrogens with one attached hydrogen (secondary N) is 1. The molecule has 1 aliphatic heterocycles. The summed E-state index contributed by atoms with van der Waals surface area (Å²) in [5.41, 5.74) is 0.974. The van der Waals surface area contributed by atoms with Crippen LogP contribution in [0.25, 0.3) is 0 Å². The predicted molar refractivity (Wildman–Crippen MR) is 101 cm³/mol. The van der Waals surface area contributed by atoms with Gasteiger partial charge in [-0.3, -0.25) is 4.79 Å². The third kappa shape index (κ3) is 6.58. The van der Waals surface area contributed by atoms with Crippen LogP contribution in [-0.4, -0.2) is 11.2 Å². The Balaban J connectivity index is 1.53. The highest BCUT2D eigenvalue weighted by molar-refractivity contribution is 8.01. The molecule has 0 fully saturated rings. The van der Waals surface area contributed by atoms with Gasteiger partial charge < -0.3 is 5.32 Å². The summed E-state index contributed by atoms with van der Waals surface area (Å²) < 4.78 is 0. The first-order chi connectivity index (χ1) is 11.3. The van der Waals surface area contributed by atoms with E-state index in [1.54, 1.807) is 11.8 Å². The van der Waals surface area contributed by atoms with Gasteiger partial charge in [0, 0.05) is 4.90 Å². The number of hydrogen-bond acceptors (Lipinski definition) is 2. The summed E-state index contributed by atoms with van der Waals surface area (Å²) in [5, 5.41) is 3.13. The predicted octanol–water partition coefficient (Wildman–Crippen LogP) is 6.41. The lowest BCUT2D eigenvalue weighted by Gasteiger charge is -2.23. The number of para-hydroxylation sites is 1. The monoisotopic (exact) mass is 333 g/mol. The van der Waals surface area contributed by atoms with Gasteiger partial charge in [0.25, 0.3) is 0 Å². The molecule has 0 radical (unpaired) electrons. The van der Waals surface area contributed by atoms with E-state index in [-0.39, 0.29) is 11.2 Å². The summed E-state index contributed by atoms with van der Waals surface area (Å²) in [4.78, 5) is 13.3. The molecule has 1 atom stereocenters. The lowest BCUT2D eigenvalue weighted by atomic mass is 10.0. The fraction of sp³-hybridized carbons (Fsp3) is 0.650. The number of amides is 1. The van der Waals surface area contributed by atoms with Crippen molar-refractivity contribution in [3.05, 3.63) is 24.3 Å². The van der Waals surface area contributed by atoms with Gasteiger partial charge in [-0.25, -0.2) is 0 Å². The van der Waals surface area contributed by atoms with Gasteiger partial charge in [-0.05, 0) is 18.6 Å². The van der Waals surface area contributed by atoms with Crippen LogP contribution in [0.4, 0.5) is 5.69 Å². The van der Waals surface area contributed by atoms with Gasteiger partial charge >= 0.3 is 0 Å². The highest BCUT2D eigenvalue weighted by atomic mass is 32.2. The Kier molecular flexibility index (Phi) is 8.59. The minimum absolute atomic E-state index is 0.0962. The first kappa shape index (κ1) is 18.4. The molecule has 2 nitrogen and oxygen atoms in total. The SMILES string of the molecule is CCCCCCCCCCCCC1Sc2ccccc2NC1=O. The van der Waals surface area contributed by atoms with E-state index >= 15 is 0 Å². The molecule has 1 aliphatic rings. The van der Waals surface area contributed by atoms with Crippen LogP contribution in [0.15, 0.2) is 29.2 Å². The number of benzene rings is 1. The topological polar surface area (TPSA) is 29.1 Å². The number of hydrogen-bond donors (Lipinski definition) is 1. The van der Waals surface area contributed by atoms with Crippen molar-refractivity contribution in [3.8, 4) is 0 Å². The number of fused-ring (bicyclic) bond motifs is 1. The van der Waals surface area contributed by atoms with Crippen molar-refractivity contribution in [1.29, 1.82) is 0 Å². The first-order valence-corrected chi connectivity index (χ1v) is 10.3. The fourth-order valence-corrected chi connectivity index (χ4v) is 4.26. The second-order valence-electron chi connectivity index (χ2n) is 6.56. The standard InChI is InChI=1S/C20H31NOS/c1-2-3-4-5-6-7-8-9-10-11-16-19-20(22)21-17-14-12-13-15-18(17)23-19/h12-15,19H,2-11,16H2,1H3,(H,21,22). The van der Waals surface area contributed by atoms with Crippen LogP contribution in [0.5, 0.6) is 0 Å². The Bertz CT molecular complexity index is 474. The second kappa shape index (κ2) is 10.7. The summed E-state index contributed by atoms with van der Waals surface area (Å²) in [6.07, 6.45) is 14.4. The van der Waals surface area contributed by atoms with Gasteiger partial charge in [0.15, 0.2) is 0 Å². The van der Waals surface area contributed by atoms with Crippen LogP contribution in [0.3, 0.4) is 0 Å². The zero-order valence-electron chi connectivity index (χ0n) is 14.5. The largest absolute Gasteiger partial charge is 0.324 e. The van der Waals surface area contributed by atoms with Crippen molar-refractivity contribution in [3.63, 3.8) is 0 Å². The van der Waals surface area contributed by atoms with Gasteiger partial charge in [-0.1, -0.05) is 83.3 Å². The molecule has 2 rings (SSSR count). The summed E-state index contributed by atoms with van der Waals surface area (Å²) in [5.74, 6) is 0.185. The summed E-state index contributed by atoms with van der Waals surface area (Å²) in [6, 6.07) is 8.10. The van der Waals surface area contributed by atoms with Crippen LogP contribution >= 0.6 is 11.8 Å². The van der Waals surface area contributed by atoms with Gasteiger partial charge in [0.2, 0.25) is 5.91 Å². The van der Waals surface area contributed by atoms with Crippen LogP contribution in [0.1, 0.15) is 77.6 Å². The number of unbranched alkanes of at least 4 members (excludes halogenated alkanes) is 9. The Morgan fingerprint density at radius 3 is 2.22 bits per heavy atom. The third-order valence-electron chi connectivity index (χ3n) is 4.53. The van der Waals surface area contributed by atoms with E-state index in [1.165, 1.54) is 69.1 Å². The highest BCUT2D eigenvalue weighted by Crippen LogP contribution is 2.37. The molecule has 0 bridgehead atoms. The number of anilines is 1. The van der Waals surface area contributed by atoms with Crippen molar-refractivity contribution in [2.45, 2.75) is 87.7 Å². The van der Waals surface area contributed by atoms with Crippen molar-refractivity contribution in [2.75, 3.05) is 5.32 Å². The average molecular weight is 334 g/mol. The lowest BCUT2D eigenvalue weighted by molar-refractivity contribution is -0.115. The Morgan fingerprint density at radius 2 is 1.52 bits per heavy atom. The number of thioether (sulfide) groups is 1. The van der Waals surface area contributed by atoms with Crippen LogP contribution in [0.2, 0.25) is 0 Å². The van der Waals surface area contributed by atoms with Crippen molar-refractivity contribution in [1.82, 2.24) is 0 Å². The zero-order valence-corrected chi connectivity index (χ0v) is 15.3. The van der Waals surface area contributed by atoms with Crippen molar-refractivity contribution >= 4 is 23.4 Å². The number of rotatable bonds is 11. The quantitative estimate of drug-likeness (QED) is 0.474. The zero-order chi connectivity index (χ0) is 16.3. The molecule has 1 N–H and O–H groups in total. The Labute approximate surface area is 145 Å². The van der Waals surface area contributed by atoms with E-state index in [2.05, 4.69) is 18.3 Å². The van der Waals surface area contributed by atoms with Gasteiger partial charge in [0.05, 0.1) is 10.9 Å². The van der Waals surface area contributed by atoms with Gasteiger partial charge in [-0.15, -0.1) is 11.8 Å². The minimum atomic E-state index is 0.0962. The number of carbonyl (C=O) groups is 1. The first-order valence-electron chi connectivity index (χ1n) is 9.38. The molecule has 128 valence electrons. The van der Waals surface area contributed by atoms with Crippen molar-refractivity contribution in [2.24, 2.45) is 0 Å². The summed E-state index contributed by atoms with van der Waals surface area (Å²) >= 11 is 1.73. The third-order valence-corrected chi connectivity index (χ3v) is 5.87. The minimum Gasteiger partial charge on any atom is -0.324 e. The maximum atomic E-state index is 12.1. The molecular weight excluding hydrogens is 302 g/mol. The van der Waals surface area contributed by atoms with Gasteiger partial charge in [-0.2, -0.15) is 0 Å². The van der Waals surface area contributed by atoms with E-state index in [9.17, 15) is 4.79 Å². The molecule has 0 saturated carbocycles. The van der Waals surface area contributed by atoms with Gasteiger partial charge in [0.1, 0.15) is 0 Å². The second-order valence-corrected chi connectivity index (χ2v) is 7.81. The maximum Gasteiger partial charge on any atom is 0.237 e. The Hall–Kier alpha value is -0.960. The summed E-state index contributed by atoms with van der Waals surface area (Å²) in [7, 11) is 0. The molecule has 3 heteroatoms. The van der Waals surface area contributed by atoms with Crippen LogP contribution in [0, 0.1) is 0 Å².